The molecule has 0 saturated heterocycles. The van der Waals surface area contributed by atoms with Crippen molar-refractivity contribution in [2.24, 2.45) is 0 Å². The molecule has 0 saturated carbocycles. The molecule has 0 atom stereocenters. The molecule has 5 heteroatoms. The summed E-state index contributed by atoms with van der Waals surface area (Å²) < 4.78 is 0. The standard InChI is InChI=1S/C18H19N3O2/c1-18(2)17(23)21(15-11-7-6-10-14(15)20-18)12-16(22)19-13-8-4-3-5-9-13/h3-11,20H,12H2,1-2H3,(H,19,22). The Hall–Kier alpha value is -2.82. The molecule has 1 aliphatic heterocycles. The van der Waals surface area contributed by atoms with Crippen molar-refractivity contribution in [3.63, 3.8) is 0 Å². The maximum Gasteiger partial charge on any atom is 0.252 e. The van der Waals surface area contributed by atoms with Gasteiger partial charge in [0.15, 0.2) is 0 Å². The molecule has 2 N–H and O–H groups in total. The molecule has 0 aliphatic carbocycles. The molecule has 0 unspecified atom stereocenters. The first kappa shape index (κ1) is 15.1. The highest BCUT2D eigenvalue weighted by molar-refractivity contribution is 6.11. The van der Waals surface area contributed by atoms with Gasteiger partial charge >= 0.3 is 0 Å². The maximum absolute atomic E-state index is 12.7. The highest BCUT2D eigenvalue weighted by Gasteiger charge is 2.39. The third-order valence-corrected chi connectivity index (χ3v) is 3.78. The zero-order chi connectivity index (χ0) is 16.4. The van der Waals surface area contributed by atoms with Crippen LogP contribution in [0, 0.1) is 0 Å². The number of fused-ring (bicyclic) bond motifs is 1. The fourth-order valence-corrected chi connectivity index (χ4v) is 2.67. The molecule has 3 rings (SSSR count). The Kier molecular flexibility index (Phi) is 3.78. The molecule has 118 valence electrons. The van der Waals surface area contributed by atoms with Crippen molar-refractivity contribution in [1.82, 2.24) is 0 Å². The number of hydrogen-bond acceptors (Lipinski definition) is 3. The van der Waals surface area contributed by atoms with E-state index in [2.05, 4.69) is 10.6 Å². The zero-order valence-corrected chi connectivity index (χ0v) is 13.2. The lowest BCUT2D eigenvalue weighted by atomic mass is 9.98. The Bertz CT molecular complexity index is 741. The first-order valence-electron chi connectivity index (χ1n) is 7.51. The van der Waals surface area contributed by atoms with Crippen LogP contribution in [0.1, 0.15) is 13.8 Å². The first-order chi connectivity index (χ1) is 11.0. The zero-order valence-electron chi connectivity index (χ0n) is 13.2. The molecule has 23 heavy (non-hydrogen) atoms. The van der Waals surface area contributed by atoms with Crippen molar-refractivity contribution in [1.29, 1.82) is 0 Å². The van der Waals surface area contributed by atoms with Crippen molar-refractivity contribution in [2.75, 3.05) is 22.1 Å². The van der Waals surface area contributed by atoms with Gasteiger partial charge in [0.2, 0.25) is 5.91 Å². The summed E-state index contributed by atoms with van der Waals surface area (Å²) in [7, 11) is 0. The molecule has 0 bridgehead atoms. The fourth-order valence-electron chi connectivity index (χ4n) is 2.67. The second-order valence-corrected chi connectivity index (χ2v) is 6.07. The minimum Gasteiger partial charge on any atom is -0.370 e. The van der Waals surface area contributed by atoms with E-state index >= 15 is 0 Å². The molecule has 2 aromatic rings. The Morgan fingerprint density at radius 1 is 1.09 bits per heavy atom. The van der Waals surface area contributed by atoms with Gasteiger partial charge in [0.25, 0.3) is 5.91 Å². The van der Waals surface area contributed by atoms with Crippen LogP contribution >= 0.6 is 0 Å². The van der Waals surface area contributed by atoms with E-state index in [1.165, 1.54) is 4.90 Å². The molecule has 0 fully saturated rings. The second kappa shape index (κ2) is 5.76. The van der Waals surface area contributed by atoms with Crippen LogP contribution in [0.25, 0.3) is 0 Å². The number of carbonyl (C=O) groups excluding carboxylic acids is 2. The smallest absolute Gasteiger partial charge is 0.252 e. The number of anilines is 3. The minimum atomic E-state index is -0.749. The largest absolute Gasteiger partial charge is 0.370 e. The van der Waals surface area contributed by atoms with Crippen LogP contribution in [-0.2, 0) is 9.59 Å². The number of nitrogens with one attached hydrogen (secondary N) is 2. The van der Waals surface area contributed by atoms with Gasteiger partial charge in [0.05, 0.1) is 11.4 Å². The van der Waals surface area contributed by atoms with Crippen molar-refractivity contribution < 1.29 is 9.59 Å². The maximum atomic E-state index is 12.7. The van der Waals surface area contributed by atoms with Gasteiger partial charge < -0.3 is 10.6 Å². The highest BCUT2D eigenvalue weighted by Crippen LogP contribution is 2.34. The Balaban J connectivity index is 1.83. The predicted octanol–water partition coefficient (Wildman–Crippen LogP) is 2.86. The van der Waals surface area contributed by atoms with Gasteiger partial charge in [-0.25, -0.2) is 0 Å². The third kappa shape index (κ3) is 3.04. The predicted molar refractivity (Wildman–Crippen MR) is 91.6 cm³/mol. The van der Waals surface area contributed by atoms with Gasteiger partial charge in [-0.15, -0.1) is 0 Å². The van der Waals surface area contributed by atoms with Gasteiger partial charge in [0.1, 0.15) is 12.1 Å². The summed E-state index contributed by atoms with van der Waals surface area (Å²) in [6.07, 6.45) is 0. The van der Waals surface area contributed by atoms with E-state index in [4.69, 9.17) is 0 Å². The van der Waals surface area contributed by atoms with Gasteiger partial charge in [-0.3, -0.25) is 14.5 Å². The average molecular weight is 309 g/mol. The number of hydrogen-bond donors (Lipinski definition) is 2. The molecule has 1 aliphatic rings. The van der Waals surface area contributed by atoms with Crippen LogP contribution in [0.2, 0.25) is 0 Å². The molecule has 1 heterocycles. The van der Waals surface area contributed by atoms with E-state index in [1.54, 1.807) is 0 Å². The van der Waals surface area contributed by atoms with Crippen LogP contribution < -0.4 is 15.5 Å². The van der Waals surface area contributed by atoms with E-state index in [0.29, 0.717) is 5.69 Å². The van der Waals surface area contributed by atoms with Crippen molar-refractivity contribution in [2.45, 2.75) is 19.4 Å². The lowest BCUT2D eigenvalue weighted by molar-refractivity contribution is -0.124. The molecule has 0 radical (unpaired) electrons. The molecular formula is C18H19N3O2. The van der Waals surface area contributed by atoms with E-state index in [-0.39, 0.29) is 18.4 Å². The molecule has 2 amide bonds. The number of benzene rings is 2. The van der Waals surface area contributed by atoms with Gasteiger partial charge in [0, 0.05) is 5.69 Å². The summed E-state index contributed by atoms with van der Waals surface area (Å²) in [4.78, 5) is 26.5. The van der Waals surface area contributed by atoms with Gasteiger partial charge in [-0.05, 0) is 38.1 Å². The van der Waals surface area contributed by atoms with Crippen molar-refractivity contribution in [3.8, 4) is 0 Å². The van der Waals surface area contributed by atoms with Crippen molar-refractivity contribution in [3.05, 3.63) is 54.6 Å². The fraction of sp³-hybridized carbons (Fsp3) is 0.222. The molecule has 0 aromatic heterocycles. The van der Waals surface area contributed by atoms with Gasteiger partial charge in [-0.1, -0.05) is 30.3 Å². The average Bonchev–Trinajstić information content (AvgIpc) is 2.52. The summed E-state index contributed by atoms with van der Waals surface area (Å²) in [5.74, 6) is -0.350. The molecular weight excluding hydrogens is 290 g/mol. The summed E-state index contributed by atoms with van der Waals surface area (Å²) in [6.45, 7) is 3.61. The molecule has 5 nitrogen and oxygen atoms in total. The second-order valence-electron chi connectivity index (χ2n) is 6.07. The van der Waals surface area contributed by atoms with E-state index in [9.17, 15) is 9.59 Å². The van der Waals surface area contributed by atoms with E-state index in [0.717, 1.165) is 11.4 Å². The molecule has 2 aromatic carbocycles. The number of rotatable bonds is 3. The number of amides is 2. The van der Waals surface area contributed by atoms with Gasteiger partial charge in [-0.2, -0.15) is 0 Å². The van der Waals surface area contributed by atoms with E-state index in [1.807, 2.05) is 68.4 Å². The topological polar surface area (TPSA) is 61.4 Å². The van der Waals surface area contributed by atoms with Crippen LogP contribution in [0.3, 0.4) is 0 Å². The number of para-hydroxylation sites is 3. The number of carbonyl (C=O) groups is 2. The summed E-state index contributed by atoms with van der Waals surface area (Å²) >= 11 is 0. The van der Waals surface area contributed by atoms with Crippen LogP contribution in [0.15, 0.2) is 54.6 Å². The Morgan fingerprint density at radius 3 is 2.48 bits per heavy atom. The third-order valence-electron chi connectivity index (χ3n) is 3.78. The number of nitrogens with zero attached hydrogens (tertiary/aromatic N) is 1. The summed E-state index contributed by atoms with van der Waals surface area (Å²) in [5, 5.41) is 6.03. The van der Waals surface area contributed by atoms with Crippen molar-refractivity contribution >= 4 is 28.9 Å². The van der Waals surface area contributed by atoms with Crippen LogP contribution in [-0.4, -0.2) is 23.9 Å². The molecule has 0 spiro atoms. The summed E-state index contributed by atoms with van der Waals surface area (Å²) in [5.41, 5.74) is 1.54. The lowest BCUT2D eigenvalue weighted by Crippen LogP contribution is -2.55. The Morgan fingerprint density at radius 2 is 1.74 bits per heavy atom. The van der Waals surface area contributed by atoms with Crippen LogP contribution in [0.4, 0.5) is 17.1 Å². The van der Waals surface area contributed by atoms with Crippen LogP contribution in [0.5, 0.6) is 0 Å². The Labute approximate surface area is 135 Å². The quantitative estimate of drug-likeness (QED) is 0.916. The normalized spacial score (nSPS) is 15.6. The first-order valence-corrected chi connectivity index (χ1v) is 7.51. The minimum absolute atomic E-state index is 0.0180. The highest BCUT2D eigenvalue weighted by atomic mass is 16.2. The lowest BCUT2D eigenvalue weighted by Gasteiger charge is -2.39. The monoisotopic (exact) mass is 309 g/mol. The van der Waals surface area contributed by atoms with E-state index < -0.39 is 5.54 Å². The summed E-state index contributed by atoms with van der Waals surface area (Å²) in [6, 6.07) is 16.7. The SMILES string of the molecule is CC1(C)Nc2ccccc2N(CC(=O)Nc2ccccc2)C1=O.